The van der Waals surface area contributed by atoms with Gasteiger partial charge in [-0.25, -0.2) is 8.42 Å². The van der Waals surface area contributed by atoms with Gasteiger partial charge < -0.3 is 5.73 Å². The maximum Gasteiger partial charge on any atom is 0.206 e. The first-order valence-electron chi connectivity index (χ1n) is 8.54. The molecule has 4 nitrogen and oxygen atoms in total. The number of allylic oxidation sites excluding steroid dienone is 1. The van der Waals surface area contributed by atoms with Crippen molar-refractivity contribution in [2.24, 2.45) is 0 Å². The zero-order valence-corrected chi connectivity index (χ0v) is 15.3. The van der Waals surface area contributed by atoms with Crippen molar-refractivity contribution >= 4 is 21.1 Å². The van der Waals surface area contributed by atoms with Crippen molar-refractivity contribution in [3.63, 3.8) is 0 Å². The van der Waals surface area contributed by atoms with Crippen LogP contribution in [0.3, 0.4) is 0 Å². The van der Waals surface area contributed by atoms with Gasteiger partial charge in [0.15, 0.2) is 0 Å². The van der Waals surface area contributed by atoms with E-state index in [1.165, 1.54) is 11.3 Å². The molecule has 130 valence electrons. The van der Waals surface area contributed by atoms with E-state index in [2.05, 4.69) is 14.1 Å². The van der Waals surface area contributed by atoms with Gasteiger partial charge in [0.1, 0.15) is 11.4 Å². The molecule has 25 heavy (non-hydrogen) atoms. The number of hydrogen-bond donors (Lipinski definition) is 0. The van der Waals surface area contributed by atoms with Gasteiger partial charge in [-0.15, -0.1) is 6.04 Å². The minimum Gasteiger partial charge on any atom is -0.674 e. The Morgan fingerprint density at radius 3 is 2.48 bits per heavy atom. The van der Waals surface area contributed by atoms with Gasteiger partial charge in [0.05, 0.1) is 23.9 Å². The number of fused-ring (bicyclic) bond motifs is 2. The summed E-state index contributed by atoms with van der Waals surface area (Å²) in [6.07, 6.45) is 2.49. The molecule has 2 aliphatic rings. The minimum atomic E-state index is -3.53. The van der Waals surface area contributed by atoms with Crippen LogP contribution in [0.1, 0.15) is 24.8 Å². The van der Waals surface area contributed by atoms with Crippen LogP contribution in [0.4, 0.5) is 5.69 Å². The summed E-state index contributed by atoms with van der Waals surface area (Å²) in [6.45, 7) is 0. The first-order valence-corrected chi connectivity index (χ1v) is 10.0. The van der Waals surface area contributed by atoms with Gasteiger partial charge in [-0.1, -0.05) is 24.6 Å². The predicted molar refractivity (Wildman–Crippen MR) is 101 cm³/mol. The lowest BCUT2D eigenvalue weighted by Gasteiger charge is -2.32. The lowest BCUT2D eigenvalue weighted by atomic mass is 9.90. The summed E-state index contributed by atoms with van der Waals surface area (Å²) in [4.78, 5) is 0.649. The average molecular weight is 354 g/mol. The summed E-state index contributed by atoms with van der Waals surface area (Å²) in [5, 5.41) is 0. The molecule has 1 heterocycles. The molecule has 0 radical (unpaired) electrons. The first kappa shape index (κ1) is 16.5. The van der Waals surface area contributed by atoms with Gasteiger partial charge in [-0.05, 0) is 30.7 Å². The molecule has 2 aromatic rings. The maximum atomic E-state index is 13.0. The average Bonchev–Trinajstić information content (AvgIpc) is 2.82. The molecule has 1 atom stereocenters. The molecular formula is C20H22N2O2S. The summed E-state index contributed by atoms with van der Waals surface area (Å²) < 4.78 is 26.6. The quantitative estimate of drug-likeness (QED) is 0.750. The van der Waals surface area contributed by atoms with Crippen LogP contribution in [0.2, 0.25) is 0 Å². The van der Waals surface area contributed by atoms with Crippen LogP contribution in [0, 0.1) is 0 Å². The molecule has 4 rings (SSSR count). The maximum absolute atomic E-state index is 13.0. The highest BCUT2D eigenvalue weighted by Crippen LogP contribution is 2.50. The lowest BCUT2D eigenvalue weighted by molar-refractivity contribution is 0.463. The number of nitrogens with zero attached hydrogens (tertiary/aromatic N) is 1. The molecule has 5 heteroatoms. The van der Waals surface area contributed by atoms with Gasteiger partial charge >= 0.3 is 0 Å². The molecule has 0 bridgehead atoms. The van der Waals surface area contributed by atoms with Gasteiger partial charge in [0, 0.05) is 23.6 Å². The first-order chi connectivity index (χ1) is 11.8. The number of nitrogens with one attached hydrogen (secondary N) is 1. The van der Waals surface area contributed by atoms with Crippen molar-refractivity contribution in [2.75, 3.05) is 14.1 Å². The highest BCUT2D eigenvalue weighted by atomic mass is 32.2. The van der Waals surface area contributed by atoms with Gasteiger partial charge in [-0.2, -0.15) is 0 Å². The number of quaternary nitrogens is 1. The molecule has 0 aromatic heterocycles. The molecule has 0 fully saturated rings. The van der Waals surface area contributed by atoms with Crippen LogP contribution in [-0.2, 0) is 9.84 Å². The third kappa shape index (κ3) is 2.46. The highest BCUT2D eigenvalue weighted by molar-refractivity contribution is 7.91. The molecule has 2 aromatic carbocycles. The molecule has 0 amide bonds. The van der Waals surface area contributed by atoms with Gasteiger partial charge in [0.25, 0.3) is 0 Å². The van der Waals surface area contributed by atoms with E-state index in [4.69, 9.17) is 5.73 Å². The largest absolute Gasteiger partial charge is 0.674 e. The Kier molecular flexibility index (Phi) is 3.65. The number of benzene rings is 2. The molecule has 0 saturated heterocycles. The van der Waals surface area contributed by atoms with Crippen LogP contribution >= 0.6 is 0 Å². The normalized spacial score (nSPS) is 21.8. The summed E-state index contributed by atoms with van der Waals surface area (Å²) >= 11 is 0. The molecule has 0 spiro atoms. The molecule has 1 aliphatic carbocycles. The standard InChI is InChI=1S/C20H22N2O2S/c1-22(2)19-10-8-14(21)12-17(19)18-13-16(9-11-20(18)22)25(23,24)15-6-4-3-5-7-15/h3-7,9,11,13-14,21H,8,10,12H2,1-2H3/t14-/m0/s1. The second-order valence-electron chi connectivity index (χ2n) is 7.31. The van der Waals surface area contributed by atoms with E-state index < -0.39 is 9.84 Å². The van der Waals surface area contributed by atoms with E-state index in [-0.39, 0.29) is 6.04 Å². The van der Waals surface area contributed by atoms with Crippen LogP contribution in [0.25, 0.3) is 11.3 Å². The van der Waals surface area contributed by atoms with Crippen molar-refractivity contribution < 1.29 is 8.42 Å². The summed E-state index contributed by atoms with van der Waals surface area (Å²) in [5.74, 6) is 0. The van der Waals surface area contributed by atoms with Gasteiger partial charge in [0.2, 0.25) is 9.84 Å². The minimum absolute atomic E-state index is 0.0981. The zero-order chi connectivity index (χ0) is 17.8. The van der Waals surface area contributed by atoms with E-state index in [0.29, 0.717) is 20.7 Å². The second kappa shape index (κ2) is 5.53. The van der Waals surface area contributed by atoms with Crippen LogP contribution in [0.5, 0.6) is 0 Å². The molecule has 1 aliphatic heterocycles. The van der Waals surface area contributed by atoms with E-state index in [0.717, 1.165) is 24.1 Å². The fraction of sp³-hybridized carbons (Fsp3) is 0.300. The fourth-order valence-corrected chi connectivity index (χ4v) is 5.41. The third-order valence-corrected chi connectivity index (χ3v) is 7.23. The SMILES string of the molecule is C[N+]1(C)C2=C(C[C@@H]([NH-])CC2)c2cc(S(=O)(=O)c3ccccc3)ccc21. The number of hydrogen-bond acceptors (Lipinski definition) is 2. The summed E-state index contributed by atoms with van der Waals surface area (Å²) in [6, 6.07) is 14.0. The topological polar surface area (TPSA) is 57.9 Å². The van der Waals surface area contributed by atoms with Crippen molar-refractivity contribution in [3.05, 3.63) is 65.5 Å². The third-order valence-electron chi connectivity index (χ3n) is 5.46. The molecular weight excluding hydrogens is 332 g/mol. The highest BCUT2D eigenvalue weighted by Gasteiger charge is 2.41. The van der Waals surface area contributed by atoms with Crippen LogP contribution < -0.4 is 4.48 Å². The Hall–Kier alpha value is -1.95. The Morgan fingerprint density at radius 1 is 1.04 bits per heavy atom. The van der Waals surface area contributed by atoms with E-state index in [1.54, 1.807) is 30.3 Å². The van der Waals surface area contributed by atoms with E-state index in [1.807, 2.05) is 18.2 Å². The Morgan fingerprint density at radius 2 is 1.76 bits per heavy atom. The lowest BCUT2D eigenvalue weighted by Crippen LogP contribution is -2.38. The van der Waals surface area contributed by atoms with Crippen molar-refractivity contribution in [1.82, 2.24) is 4.48 Å². The number of sulfone groups is 1. The van der Waals surface area contributed by atoms with Crippen molar-refractivity contribution in [3.8, 4) is 0 Å². The Bertz CT molecular complexity index is 976. The smallest absolute Gasteiger partial charge is 0.206 e. The fourth-order valence-electron chi connectivity index (χ4n) is 4.10. The molecule has 0 unspecified atom stereocenters. The van der Waals surface area contributed by atoms with Crippen LogP contribution in [-0.4, -0.2) is 28.6 Å². The second-order valence-corrected chi connectivity index (χ2v) is 9.26. The molecule has 1 N–H and O–H groups in total. The van der Waals surface area contributed by atoms with E-state index in [9.17, 15) is 8.42 Å². The molecule has 0 saturated carbocycles. The predicted octanol–water partition coefficient (Wildman–Crippen LogP) is 4.42. The van der Waals surface area contributed by atoms with Crippen LogP contribution in [0.15, 0.2) is 64.0 Å². The Labute approximate surface area is 149 Å². The Balaban J connectivity index is 1.87. The number of rotatable bonds is 2. The zero-order valence-electron chi connectivity index (χ0n) is 14.5. The van der Waals surface area contributed by atoms with E-state index >= 15 is 0 Å². The summed E-state index contributed by atoms with van der Waals surface area (Å²) in [7, 11) is 0.774. The summed E-state index contributed by atoms with van der Waals surface area (Å²) in [5.41, 5.74) is 12.8. The van der Waals surface area contributed by atoms with Crippen molar-refractivity contribution in [2.45, 2.75) is 35.1 Å². The van der Waals surface area contributed by atoms with Crippen molar-refractivity contribution in [1.29, 1.82) is 0 Å². The monoisotopic (exact) mass is 354 g/mol. The van der Waals surface area contributed by atoms with Gasteiger partial charge in [-0.3, -0.25) is 4.48 Å².